The fraction of sp³-hybridized carbons (Fsp3) is 0.154. The highest BCUT2D eigenvalue weighted by Gasteiger charge is 1.97. The maximum atomic E-state index is 10.4. The van der Waals surface area contributed by atoms with Crippen molar-refractivity contribution in [3.05, 3.63) is 49.6 Å². The lowest BCUT2D eigenvalue weighted by molar-refractivity contribution is 0.0718. The van der Waals surface area contributed by atoms with Crippen LogP contribution in [0.5, 0.6) is 11.5 Å². The van der Waals surface area contributed by atoms with Gasteiger partial charge in [0.1, 0.15) is 24.7 Å². The van der Waals surface area contributed by atoms with Crippen molar-refractivity contribution in [1.82, 2.24) is 0 Å². The van der Waals surface area contributed by atoms with E-state index < -0.39 is 6.16 Å². The minimum absolute atomic E-state index is 0.169. The van der Waals surface area contributed by atoms with Gasteiger partial charge in [0.25, 0.3) is 0 Å². The molecule has 0 unspecified atom stereocenters. The van der Waals surface area contributed by atoms with Gasteiger partial charge in [-0.05, 0) is 24.3 Å². The average molecular weight is 252 g/mol. The number of aromatic hydroxyl groups is 2. The number of carbonyl (C=O) groups is 1. The smallest absolute Gasteiger partial charge is 0.508 e. The third-order valence-electron chi connectivity index (χ3n) is 1.49. The molecule has 0 amide bonds. The molecular formula is C13H16O5. The van der Waals surface area contributed by atoms with E-state index in [1.54, 1.807) is 0 Å². The molecule has 5 nitrogen and oxygen atoms in total. The van der Waals surface area contributed by atoms with E-state index in [1.165, 1.54) is 36.4 Å². The van der Waals surface area contributed by atoms with Gasteiger partial charge in [-0.1, -0.05) is 25.3 Å². The van der Waals surface area contributed by atoms with Gasteiger partial charge in [-0.3, -0.25) is 0 Å². The van der Waals surface area contributed by atoms with Crippen molar-refractivity contribution in [2.75, 3.05) is 13.2 Å². The molecule has 5 heteroatoms. The van der Waals surface area contributed by atoms with Crippen molar-refractivity contribution >= 4 is 6.16 Å². The number of rotatable bonds is 4. The van der Waals surface area contributed by atoms with Crippen LogP contribution in [0.2, 0.25) is 0 Å². The van der Waals surface area contributed by atoms with Crippen molar-refractivity contribution in [3.8, 4) is 11.5 Å². The molecule has 18 heavy (non-hydrogen) atoms. The minimum atomic E-state index is -0.695. The Bertz CT molecular complexity index is 334. The lowest BCUT2D eigenvalue weighted by Crippen LogP contribution is -2.06. The van der Waals surface area contributed by atoms with E-state index in [-0.39, 0.29) is 24.7 Å². The van der Waals surface area contributed by atoms with Crippen LogP contribution >= 0.6 is 0 Å². The summed E-state index contributed by atoms with van der Waals surface area (Å²) in [5, 5.41) is 17.3. The molecule has 1 aromatic rings. The third kappa shape index (κ3) is 8.84. The number of hydrogen-bond donors (Lipinski definition) is 2. The van der Waals surface area contributed by atoms with Crippen LogP contribution in [0.1, 0.15) is 0 Å². The number of carbonyl (C=O) groups excluding carboxylic acids is 1. The zero-order chi connectivity index (χ0) is 13.8. The van der Waals surface area contributed by atoms with Gasteiger partial charge in [0.2, 0.25) is 0 Å². The average Bonchev–Trinajstić information content (AvgIpc) is 2.38. The molecule has 0 aliphatic carbocycles. The van der Waals surface area contributed by atoms with Crippen molar-refractivity contribution in [3.63, 3.8) is 0 Å². The summed E-state index contributed by atoms with van der Waals surface area (Å²) in [6.07, 6.45) is 2.24. The van der Waals surface area contributed by atoms with Gasteiger partial charge in [0, 0.05) is 0 Å². The van der Waals surface area contributed by atoms with Crippen LogP contribution in [0.15, 0.2) is 49.6 Å². The molecule has 98 valence electrons. The van der Waals surface area contributed by atoms with E-state index in [1.807, 2.05) is 0 Å². The van der Waals surface area contributed by atoms with Crippen molar-refractivity contribution < 1.29 is 24.5 Å². The summed E-state index contributed by atoms with van der Waals surface area (Å²) in [5.74, 6) is 0.339. The standard InChI is InChI=1S/C7H10O3.C6H6O2/c1-3-5-9-7(8)10-6-4-2;7-5-1-2-6(8)4-3-5/h3-4H,1-2,5-6H2;1-4,7-8H. The van der Waals surface area contributed by atoms with Gasteiger partial charge in [0.05, 0.1) is 0 Å². The first-order valence-corrected chi connectivity index (χ1v) is 5.09. The second kappa shape index (κ2) is 9.77. The molecule has 0 spiro atoms. The van der Waals surface area contributed by atoms with Crippen LogP contribution in [-0.2, 0) is 9.47 Å². The zero-order valence-corrected chi connectivity index (χ0v) is 9.91. The molecule has 1 aromatic carbocycles. The maximum Gasteiger partial charge on any atom is 0.508 e. The summed E-state index contributed by atoms with van der Waals surface area (Å²) >= 11 is 0. The van der Waals surface area contributed by atoms with E-state index in [0.717, 1.165) is 0 Å². The fourth-order valence-corrected chi connectivity index (χ4v) is 0.748. The van der Waals surface area contributed by atoms with Crippen molar-refractivity contribution in [2.45, 2.75) is 0 Å². The number of phenols is 2. The molecule has 0 saturated carbocycles. The van der Waals surface area contributed by atoms with Gasteiger partial charge in [-0.25, -0.2) is 4.79 Å². The van der Waals surface area contributed by atoms with E-state index >= 15 is 0 Å². The van der Waals surface area contributed by atoms with E-state index in [0.29, 0.717) is 0 Å². The summed E-state index contributed by atoms with van der Waals surface area (Å²) in [4.78, 5) is 10.4. The zero-order valence-electron chi connectivity index (χ0n) is 9.91. The Morgan fingerprint density at radius 3 is 1.61 bits per heavy atom. The molecule has 0 saturated heterocycles. The predicted octanol–water partition coefficient (Wildman–Crippen LogP) is 2.61. The molecule has 2 N–H and O–H groups in total. The topological polar surface area (TPSA) is 76.0 Å². The highest BCUT2D eigenvalue weighted by molar-refractivity contribution is 5.60. The SMILES string of the molecule is C=CCOC(=O)OCC=C.Oc1ccc(O)cc1. The second-order valence-corrected chi connectivity index (χ2v) is 2.97. The Labute approximate surface area is 106 Å². The lowest BCUT2D eigenvalue weighted by Gasteiger charge is -1.99. The Morgan fingerprint density at radius 1 is 1.00 bits per heavy atom. The Balaban J connectivity index is 0.000000327. The first-order valence-electron chi connectivity index (χ1n) is 5.09. The summed E-state index contributed by atoms with van der Waals surface area (Å²) in [7, 11) is 0. The first kappa shape index (κ1) is 15.6. The molecular weight excluding hydrogens is 236 g/mol. The van der Waals surface area contributed by atoms with Gasteiger partial charge in [-0.2, -0.15) is 0 Å². The molecule has 0 atom stereocenters. The van der Waals surface area contributed by atoms with Crippen molar-refractivity contribution in [2.24, 2.45) is 0 Å². The number of hydrogen-bond acceptors (Lipinski definition) is 5. The fourth-order valence-electron chi connectivity index (χ4n) is 0.748. The highest BCUT2D eigenvalue weighted by Crippen LogP contribution is 2.13. The maximum absolute atomic E-state index is 10.4. The minimum Gasteiger partial charge on any atom is -0.508 e. The van der Waals surface area contributed by atoms with E-state index in [4.69, 9.17) is 10.2 Å². The van der Waals surface area contributed by atoms with Crippen LogP contribution in [0.25, 0.3) is 0 Å². The monoisotopic (exact) mass is 252 g/mol. The van der Waals surface area contributed by atoms with Gasteiger partial charge in [0.15, 0.2) is 0 Å². The van der Waals surface area contributed by atoms with Gasteiger partial charge < -0.3 is 19.7 Å². The van der Waals surface area contributed by atoms with E-state index in [2.05, 4.69) is 22.6 Å². The third-order valence-corrected chi connectivity index (χ3v) is 1.49. The summed E-state index contributed by atoms with van der Waals surface area (Å²) in [6.45, 7) is 7.07. The molecule has 0 aromatic heterocycles. The Kier molecular flexibility index (Phi) is 8.45. The molecule has 0 aliphatic rings. The summed E-state index contributed by atoms with van der Waals surface area (Å²) in [6, 6.07) is 5.70. The van der Waals surface area contributed by atoms with Crippen LogP contribution < -0.4 is 0 Å². The molecule has 0 heterocycles. The second-order valence-electron chi connectivity index (χ2n) is 2.97. The Morgan fingerprint density at radius 2 is 1.33 bits per heavy atom. The summed E-state index contributed by atoms with van der Waals surface area (Å²) in [5.41, 5.74) is 0. The predicted molar refractivity (Wildman–Crippen MR) is 67.5 cm³/mol. The summed E-state index contributed by atoms with van der Waals surface area (Å²) < 4.78 is 8.93. The molecule has 0 radical (unpaired) electrons. The molecule has 0 bridgehead atoms. The number of ether oxygens (including phenoxy) is 2. The normalized spacial score (nSPS) is 8.44. The van der Waals surface area contributed by atoms with Gasteiger partial charge in [-0.15, -0.1) is 0 Å². The van der Waals surface area contributed by atoms with Crippen LogP contribution in [0.3, 0.4) is 0 Å². The molecule has 1 rings (SSSR count). The number of benzene rings is 1. The van der Waals surface area contributed by atoms with Crippen LogP contribution in [-0.4, -0.2) is 29.6 Å². The lowest BCUT2D eigenvalue weighted by atomic mass is 10.3. The highest BCUT2D eigenvalue weighted by atomic mass is 16.7. The van der Waals surface area contributed by atoms with Crippen molar-refractivity contribution in [1.29, 1.82) is 0 Å². The van der Waals surface area contributed by atoms with Crippen LogP contribution in [0.4, 0.5) is 4.79 Å². The molecule has 0 aliphatic heterocycles. The Hall–Kier alpha value is -2.43. The number of phenolic OH excluding ortho intramolecular Hbond substituents is 2. The first-order chi connectivity index (χ1) is 8.60. The largest absolute Gasteiger partial charge is 0.508 e. The van der Waals surface area contributed by atoms with Crippen LogP contribution in [0, 0.1) is 0 Å². The quantitative estimate of drug-likeness (QED) is 0.489. The molecule has 0 fully saturated rings. The van der Waals surface area contributed by atoms with E-state index in [9.17, 15) is 4.79 Å². The van der Waals surface area contributed by atoms with Gasteiger partial charge >= 0.3 is 6.16 Å².